The number of aliphatic hydroxyl groups is 1. The second-order valence-corrected chi connectivity index (χ2v) is 10.2. The Morgan fingerprint density at radius 3 is 2.31 bits per heavy atom. The Kier molecular flexibility index (Phi) is 12.1. The lowest BCUT2D eigenvalue weighted by atomic mass is 9.80. The third kappa shape index (κ3) is 8.81. The molecule has 1 unspecified atom stereocenters. The smallest absolute Gasteiger partial charge is 0.394 e. The quantitative estimate of drug-likeness (QED) is 0.112. The Labute approximate surface area is 207 Å². The van der Waals surface area contributed by atoms with Gasteiger partial charge in [-0.1, -0.05) is 39.5 Å². The van der Waals surface area contributed by atoms with Gasteiger partial charge in [0.2, 0.25) is 0 Å². The largest absolute Gasteiger partial charge is 0.478 e. The van der Waals surface area contributed by atoms with Crippen molar-refractivity contribution in [1.29, 1.82) is 0 Å². The third-order valence-corrected chi connectivity index (χ3v) is 7.35. The van der Waals surface area contributed by atoms with E-state index in [1.807, 2.05) is 6.92 Å². The molecule has 0 bridgehead atoms. The van der Waals surface area contributed by atoms with Crippen LogP contribution in [0.3, 0.4) is 0 Å². The van der Waals surface area contributed by atoms with E-state index in [1.54, 1.807) is 0 Å². The Morgan fingerprint density at radius 2 is 1.77 bits per heavy atom. The zero-order valence-corrected chi connectivity index (χ0v) is 21.3. The molecule has 1 aliphatic carbocycles. The number of halogens is 3. The van der Waals surface area contributed by atoms with Crippen molar-refractivity contribution in [3.05, 3.63) is 23.0 Å². The van der Waals surface area contributed by atoms with Crippen molar-refractivity contribution in [2.75, 3.05) is 13.2 Å². The average molecular weight is 505 g/mol. The van der Waals surface area contributed by atoms with Crippen molar-refractivity contribution < 1.29 is 37.7 Å². The van der Waals surface area contributed by atoms with E-state index in [0.29, 0.717) is 50.7 Å². The summed E-state index contributed by atoms with van der Waals surface area (Å²) in [6.45, 7) is 3.57. The van der Waals surface area contributed by atoms with E-state index >= 15 is 0 Å². The molecule has 0 amide bonds. The van der Waals surface area contributed by atoms with E-state index in [4.69, 9.17) is 9.47 Å². The van der Waals surface area contributed by atoms with E-state index in [1.165, 1.54) is 13.0 Å². The molecular weight excluding hydrogens is 461 g/mol. The summed E-state index contributed by atoms with van der Waals surface area (Å²) in [4.78, 5) is 12.5. The van der Waals surface area contributed by atoms with Crippen molar-refractivity contribution in [2.24, 2.45) is 11.3 Å². The first-order chi connectivity index (χ1) is 16.6. The number of carbonyl (C=O) groups is 1. The van der Waals surface area contributed by atoms with E-state index in [2.05, 4.69) is 0 Å². The fourth-order valence-corrected chi connectivity index (χ4v) is 5.00. The van der Waals surface area contributed by atoms with Gasteiger partial charge in [-0.15, -0.1) is 0 Å². The maximum Gasteiger partial charge on any atom is 0.394 e. The number of aliphatic hydroxyl groups excluding tert-OH is 1. The van der Waals surface area contributed by atoms with E-state index in [-0.39, 0.29) is 36.7 Å². The van der Waals surface area contributed by atoms with Crippen molar-refractivity contribution in [2.45, 2.75) is 116 Å². The number of ether oxygens (including phenoxy) is 2. The van der Waals surface area contributed by atoms with Gasteiger partial charge in [-0.2, -0.15) is 13.2 Å². The molecule has 2 N–H and O–H groups in total. The molecule has 35 heavy (non-hydrogen) atoms. The van der Waals surface area contributed by atoms with Crippen molar-refractivity contribution in [3.8, 4) is 0 Å². The molecule has 2 fully saturated rings. The van der Waals surface area contributed by atoms with Gasteiger partial charge in [-0.3, -0.25) is 0 Å². The third-order valence-electron chi connectivity index (χ3n) is 7.35. The maximum atomic E-state index is 14.1. The van der Waals surface area contributed by atoms with Crippen LogP contribution in [0.1, 0.15) is 104 Å². The fourth-order valence-electron chi connectivity index (χ4n) is 5.00. The highest BCUT2D eigenvalue weighted by molar-refractivity contribution is 5.89. The summed E-state index contributed by atoms with van der Waals surface area (Å²) in [5.74, 6) is -0.976. The molecule has 5 nitrogen and oxygen atoms in total. The van der Waals surface area contributed by atoms with Crippen LogP contribution in [0.25, 0.3) is 0 Å². The average Bonchev–Trinajstić information content (AvgIpc) is 3.34. The van der Waals surface area contributed by atoms with Crippen LogP contribution >= 0.6 is 0 Å². The standard InChI is InChI=1S/C27H43F3O5/c1-3-4-16-26(2,27(28,29)30)17-15-22(35-23-14-8-10-19-34-23)21(13-7-9-18-31)24(25(32)33)20-11-5-6-12-20/h15,20,23,31H,3-14,16-19H2,1-2H3,(H,32,33)/t23-,26?/m0/s1. The predicted molar refractivity (Wildman–Crippen MR) is 129 cm³/mol. The molecule has 2 rings (SSSR count). The topological polar surface area (TPSA) is 76.0 Å². The van der Waals surface area contributed by atoms with Gasteiger partial charge < -0.3 is 19.7 Å². The molecule has 0 aromatic heterocycles. The van der Waals surface area contributed by atoms with Crippen LogP contribution in [0.15, 0.2) is 23.0 Å². The molecule has 1 aliphatic heterocycles. The van der Waals surface area contributed by atoms with Crippen LogP contribution in [-0.2, 0) is 14.3 Å². The summed E-state index contributed by atoms with van der Waals surface area (Å²) in [7, 11) is 0. The Hall–Kier alpha value is -1.54. The van der Waals surface area contributed by atoms with Crippen LogP contribution in [0, 0.1) is 11.3 Å². The number of carboxylic acid groups (broad SMARTS) is 1. The summed E-state index contributed by atoms with van der Waals surface area (Å²) in [6.07, 6.45) is 4.34. The minimum Gasteiger partial charge on any atom is -0.478 e. The number of hydrogen-bond donors (Lipinski definition) is 2. The van der Waals surface area contributed by atoms with Crippen molar-refractivity contribution >= 4 is 5.97 Å². The lowest BCUT2D eigenvalue weighted by Gasteiger charge is -2.32. The second-order valence-electron chi connectivity index (χ2n) is 10.2. The molecule has 202 valence electrons. The fraction of sp³-hybridized carbons (Fsp3) is 0.815. The van der Waals surface area contributed by atoms with Gasteiger partial charge in [0.05, 0.1) is 12.0 Å². The molecule has 1 saturated carbocycles. The predicted octanol–water partition coefficient (Wildman–Crippen LogP) is 7.30. The summed E-state index contributed by atoms with van der Waals surface area (Å²) in [5, 5.41) is 19.5. The normalized spacial score (nSPS) is 22.6. The van der Waals surface area contributed by atoms with Crippen molar-refractivity contribution in [3.63, 3.8) is 0 Å². The highest BCUT2D eigenvalue weighted by atomic mass is 19.4. The summed E-state index contributed by atoms with van der Waals surface area (Å²) in [6, 6.07) is 0. The molecular formula is C27H43F3O5. The van der Waals surface area contributed by atoms with Crippen molar-refractivity contribution in [1.82, 2.24) is 0 Å². The van der Waals surface area contributed by atoms with Crippen LogP contribution in [0.2, 0.25) is 0 Å². The number of alkyl halides is 3. The lowest BCUT2D eigenvalue weighted by molar-refractivity contribution is -0.219. The van der Waals surface area contributed by atoms with E-state index in [9.17, 15) is 28.2 Å². The number of allylic oxidation sites excluding steroid dienone is 2. The molecule has 0 radical (unpaired) electrons. The lowest BCUT2D eigenvalue weighted by Crippen LogP contribution is -2.35. The number of carboxylic acids is 1. The molecule has 8 heteroatoms. The first-order valence-corrected chi connectivity index (χ1v) is 13.3. The zero-order valence-electron chi connectivity index (χ0n) is 21.3. The summed E-state index contributed by atoms with van der Waals surface area (Å²) >= 11 is 0. The van der Waals surface area contributed by atoms with Crippen LogP contribution < -0.4 is 0 Å². The Balaban J connectivity index is 2.53. The monoisotopic (exact) mass is 504 g/mol. The maximum absolute atomic E-state index is 14.1. The zero-order chi connectivity index (χ0) is 25.9. The number of aliphatic carboxylic acids is 1. The molecule has 0 aromatic carbocycles. The molecule has 0 spiro atoms. The van der Waals surface area contributed by atoms with Crippen LogP contribution in [0.5, 0.6) is 0 Å². The number of hydrogen-bond acceptors (Lipinski definition) is 4. The highest BCUT2D eigenvalue weighted by Crippen LogP contribution is 2.46. The van der Waals surface area contributed by atoms with E-state index in [0.717, 1.165) is 38.5 Å². The molecule has 0 aromatic rings. The SMILES string of the molecule is CCCCC(C)(CC=C(O[C@H]1CCCCO1)C(CCCCO)=C(C(=O)O)C1CCCC1)C(F)(F)F. The molecule has 1 heterocycles. The van der Waals surface area contributed by atoms with Gasteiger partial charge in [-0.25, -0.2) is 4.79 Å². The van der Waals surface area contributed by atoms with Crippen LogP contribution in [-0.4, -0.2) is 41.9 Å². The first-order valence-electron chi connectivity index (χ1n) is 13.3. The minimum absolute atomic E-state index is 0.00528. The first kappa shape index (κ1) is 29.7. The molecule has 2 aliphatic rings. The minimum atomic E-state index is -4.40. The van der Waals surface area contributed by atoms with Gasteiger partial charge in [0.25, 0.3) is 0 Å². The Morgan fingerprint density at radius 1 is 1.09 bits per heavy atom. The Bertz CT molecular complexity index is 719. The summed E-state index contributed by atoms with van der Waals surface area (Å²) in [5.41, 5.74) is -1.21. The van der Waals surface area contributed by atoms with Gasteiger partial charge in [-0.05, 0) is 69.8 Å². The van der Waals surface area contributed by atoms with Crippen LogP contribution in [0.4, 0.5) is 13.2 Å². The van der Waals surface area contributed by atoms with Gasteiger partial charge >= 0.3 is 12.1 Å². The van der Waals surface area contributed by atoms with E-state index < -0.39 is 23.9 Å². The number of rotatable bonds is 14. The van der Waals surface area contributed by atoms with Gasteiger partial charge in [0.15, 0.2) is 6.29 Å². The van der Waals surface area contributed by atoms with Gasteiger partial charge in [0.1, 0.15) is 5.76 Å². The second kappa shape index (κ2) is 14.3. The number of unbranched alkanes of at least 4 members (excludes halogenated alkanes) is 2. The van der Waals surface area contributed by atoms with Gasteiger partial charge in [0, 0.05) is 24.2 Å². The molecule has 1 saturated heterocycles. The molecule has 2 atom stereocenters. The summed E-state index contributed by atoms with van der Waals surface area (Å²) < 4.78 is 54.2. The highest BCUT2D eigenvalue weighted by Gasteiger charge is 2.49.